The van der Waals surface area contributed by atoms with Gasteiger partial charge in [-0.3, -0.25) is 0 Å². The Labute approximate surface area is 101 Å². The Bertz CT molecular complexity index is 459. The molecular weight excluding hydrogens is 220 g/mol. The summed E-state index contributed by atoms with van der Waals surface area (Å²) in [5.74, 6) is 0. The number of halogens is 1. The van der Waals surface area contributed by atoms with Crippen LogP contribution >= 0.6 is 11.6 Å². The zero-order valence-electron chi connectivity index (χ0n) is 9.34. The second kappa shape index (κ2) is 5.40. The van der Waals surface area contributed by atoms with Gasteiger partial charge < -0.3 is 4.42 Å². The van der Waals surface area contributed by atoms with E-state index in [-0.39, 0.29) is 0 Å². The van der Waals surface area contributed by atoms with E-state index in [0.29, 0.717) is 0 Å². The molecule has 0 atom stereocenters. The highest BCUT2D eigenvalue weighted by Crippen LogP contribution is 2.25. The van der Waals surface area contributed by atoms with Gasteiger partial charge in [-0.15, -0.1) is 0 Å². The molecule has 0 saturated carbocycles. The Kier molecular flexibility index (Phi) is 3.89. The summed E-state index contributed by atoms with van der Waals surface area (Å²) in [6.45, 7) is 3.85. The zero-order chi connectivity index (χ0) is 11.4. The van der Waals surface area contributed by atoms with Crippen molar-refractivity contribution in [1.82, 2.24) is 0 Å². The van der Waals surface area contributed by atoms with Gasteiger partial charge in [0.15, 0.2) is 0 Å². The van der Waals surface area contributed by atoms with Crippen LogP contribution in [0, 0.1) is 6.92 Å². The fourth-order valence-electron chi connectivity index (χ4n) is 1.92. The highest BCUT2D eigenvalue weighted by Gasteiger charge is 2.05. The van der Waals surface area contributed by atoms with E-state index in [9.17, 15) is 0 Å². The van der Waals surface area contributed by atoms with Crippen LogP contribution in [0.4, 0.5) is 0 Å². The Morgan fingerprint density at radius 2 is 2.06 bits per heavy atom. The van der Waals surface area contributed by atoms with E-state index in [0.717, 1.165) is 28.8 Å². The predicted octanol–water partition coefficient (Wildman–Crippen LogP) is 5.02. The van der Waals surface area contributed by atoms with E-state index in [1.54, 1.807) is 0 Å². The van der Waals surface area contributed by atoms with Crippen molar-refractivity contribution in [3.63, 3.8) is 0 Å². The van der Waals surface area contributed by atoms with Gasteiger partial charge in [-0.25, -0.2) is 0 Å². The van der Waals surface area contributed by atoms with Crippen molar-refractivity contribution in [3.05, 3.63) is 42.0 Å². The molecule has 0 fully saturated rings. The summed E-state index contributed by atoms with van der Waals surface area (Å²) in [6, 6.07) is 5.77. The number of unbranched alkanes of at least 4 members (excludes halogenated alkanes) is 3. The molecule has 2 heteroatoms. The summed E-state index contributed by atoms with van der Waals surface area (Å²) in [5.41, 5.74) is 2.19. The molecule has 1 aromatic heterocycles. The maximum absolute atomic E-state index is 5.98. The minimum atomic E-state index is 0.771. The maximum Gasteiger partial charge on any atom is 0.134 e. The van der Waals surface area contributed by atoms with E-state index < -0.39 is 0 Å². The molecular formula is C14H16ClO. The Morgan fingerprint density at radius 3 is 2.88 bits per heavy atom. The molecule has 16 heavy (non-hydrogen) atoms. The summed E-state index contributed by atoms with van der Waals surface area (Å²) in [5, 5.41) is 1.93. The number of hydrogen-bond acceptors (Lipinski definition) is 1. The molecule has 0 unspecified atom stereocenters. The lowest BCUT2D eigenvalue weighted by atomic mass is 10.1. The van der Waals surface area contributed by atoms with Gasteiger partial charge in [-0.1, -0.05) is 37.8 Å². The van der Waals surface area contributed by atoms with Crippen LogP contribution in [0.3, 0.4) is 0 Å². The van der Waals surface area contributed by atoms with Crippen molar-refractivity contribution in [1.29, 1.82) is 0 Å². The van der Waals surface area contributed by atoms with Crippen LogP contribution in [0.25, 0.3) is 11.0 Å². The van der Waals surface area contributed by atoms with Gasteiger partial charge in [0.05, 0.1) is 6.26 Å². The first-order chi connectivity index (χ1) is 7.81. The van der Waals surface area contributed by atoms with Crippen molar-refractivity contribution in [2.24, 2.45) is 0 Å². The molecule has 0 saturated heterocycles. The SMILES string of the molecule is [CH2]CCCCCc1coc2ccc(Cl)cc12. The summed E-state index contributed by atoms with van der Waals surface area (Å²) >= 11 is 5.98. The van der Waals surface area contributed by atoms with Gasteiger partial charge in [-0.2, -0.15) is 0 Å². The van der Waals surface area contributed by atoms with Crippen LogP contribution in [0.2, 0.25) is 5.02 Å². The number of hydrogen-bond donors (Lipinski definition) is 0. The number of furan rings is 1. The van der Waals surface area contributed by atoms with Gasteiger partial charge in [0, 0.05) is 10.4 Å². The molecule has 2 rings (SSSR count). The number of fused-ring (bicyclic) bond motifs is 1. The van der Waals surface area contributed by atoms with Crippen molar-refractivity contribution in [2.75, 3.05) is 0 Å². The fraction of sp³-hybridized carbons (Fsp3) is 0.357. The normalized spacial score (nSPS) is 11.1. The molecule has 85 valence electrons. The molecule has 1 heterocycles. The monoisotopic (exact) mass is 235 g/mol. The molecule has 0 spiro atoms. The minimum Gasteiger partial charge on any atom is -0.464 e. The van der Waals surface area contributed by atoms with E-state index >= 15 is 0 Å². The summed E-state index contributed by atoms with van der Waals surface area (Å²) in [7, 11) is 0. The molecule has 0 amide bonds. The first-order valence-electron chi connectivity index (χ1n) is 5.76. The topological polar surface area (TPSA) is 13.1 Å². The van der Waals surface area contributed by atoms with E-state index in [4.69, 9.17) is 16.0 Å². The van der Waals surface area contributed by atoms with Crippen molar-refractivity contribution < 1.29 is 4.42 Å². The lowest BCUT2D eigenvalue weighted by Crippen LogP contribution is -1.83. The van der Waals surface area contributed by atoms with Gasteiger partial charge in [0.1, 0.15) is 5.58 Å². The quantitative estimate of drug-likeness (QED) is 0.663. The lowest BCUT2D eigenvalue weighted by molar-refractivity contribution is 0.605. The van der Waals surface area contributed by atoms with Gasteiger partial charge >= 0.3 is 0 Å². The van der Waals surface area contributed by atoms with Crippen LogP contribution in [0.5, 0.6) is 0 Å². The maximum atomic E-state index is 5.98. The summed E-state index contributed by atoms with van der Waals surface area (Å²) in [4.78, 5) is 0. The minimum absolute atomic E-state index is 0.771. The molecule has 0 aliphatic rings. The molecule has 0 aliphatic carbocycles. The third-order valence-electron chi connectivity index (χ3n) is 2.81. The van der Waals surface area contributed by atoms with Crippen molar-refractivity contribution in [2.45, 2.75) is 32.1 Å². The van der Waals surface area contributed by atoms with Crippen LogP contribution in [0.1, 0.15) is 31.2 Å². The fourth-order valence-corrected chi connectivity index (χ4v) is 2.09. The van der Waals surface area contributed by atoms with Gasteiger partial charge in [-0.05, 0) is 36.6 Å². The largest absolute Gasteiger partial charge is 0.464 e. The molecule has 1 nitrogen and oxygen atoms in total. The molecule has 1 aromatic carbocycles. The number of benzene rings is 1. The highest BCUT2D eigenvalue weighted by atomic mass is 35.5. The molecule has 2 aromatic rings. The number of aryl methyl sites for hydroxylation is 1. The third-order valence-corrected chi connectivity index (χ3v) is 3.05. The molecule has 0 N–H and O–H groups in total. The second-order valence-corrected chi connectivity index (χ2v) is 4.50. The lowest BCUT2D eigenvalue weighted by Gasteiger charge is -1.98. The first-order valence-corrected chi connectivity index (χ1v) is 6.14. The van der Waals surface area contributed by atoms with E-state index in [1.807, 2.05) is 24.5 Å². The number of rotatable bonds is 5. The first kappa shape index (κ1) is 11.5. The predicted molar refractivity (Wildman–Crippen MR) is 68.8 cm³/mol. The van der Waals surface area contributed by atoms with Crippen LogP contribution in [0.15, 0.2) is 28.9 Å². The van der Waals surface area contributed by atoms with Crippen molar-refractivity contribution >= 4 is 22.6 Å². The van der Waals surface area contributed by atoms with Crippen LogP contribution in [-0.2, 0) is 6.42 Å². The second-order valence-electron chi connectivity index (χ2n) is 4.07. The van der Waals surface area contributed by atoms with Gasteiger partial charge in [0.2, 0.25) is 0 Å². The standard InChI is InChI=1S/C14H16ClO/c1-2-3-4-5-6-11-10-16-14-8-7-12(15)9-13(11)14/h7-10H,1-6H2. The average molecular weight is 236 g/mol. The van der Waals surface area contributed by atoms with Crippen LogP contribution in [-0.4, -0.2) is 0 Å². The van der Waals surface area contributed by atoms with E-state index in [2.05, 4.69) is 6.92 Å². The van der Waals surface area contributed by atoms with Gasteiger partial charge in [0.25, 0.3) is 0 Å². The summed E-state index contributed by atoms with van der Waals surface area (Å²) in [6.07, 6.45) is 7.57. The average Bonchev–Trinajstić information content (AvgIpc) is 2.67. The van der Waals surface area contributed by atoms with Crippen LogP contribution < -0.4 is 0 Å². The molecule has 1 radical (unpaired) electrons. The zero-order valence-corrected chi connectivity index (χ0v) is 10.1. The Morgan fingerprint density at radius 1 is 1.19 bits per heavy atom. The highest BCUT2D eigenvalue weighted by molar-refractivity contribution is 6.31. The summed E-state index contributed by atoms with van der Waals surface area (Å²) < 4.78 is 5.49. The Hall–Kier alpha value is -0.950. The molecule has 0 bridgehead atoms. The van der Waals surface area contributed by atoms with E-state index in [1.165, 1.54) is 24.8 Å². The third kappa shape index (κ3) is 2.59. The van der Waals surface area contributed by atoms with Crippen molar-refractivity contribution in [3.8, 4) is 0 Å². The smallest absolute Gasteiger partial charge is 0.134 e. The Balaban J connectivity index is 2.09. The molecule has 0 aliphatic heterocycles.